The Morgan fingerprint density at radius 2 is 1.74 bits per heavy atom. The standard InChI is InChI=1S/C25H26N2O6S/c1-4-32-23(29)15-33-20-11-5-17(6-12-20)13-21-24(30)27(25(31)34-21)14-22(28)26-19-9-7-18(8-10-19)16(2)3/h5-13,16H,4,14-15H2,1-3H3,(H,26,28)/b21-13-. The number of ether oxygens (including phenoxy) is 2. The third-order valence-electron chi connectivity index (χ3n) is 4.88. The van der Waals surface area contributed by atoms with Crippen molar-refractivity contribution in [3.05, 3.63) is 64.6 Å². The summed E-state index contributed by atoms with van der Waals surface area (Å²) in [5, 5.41) is 2.21. The SMILES string of the molecule is CCOC(=O)COc1ccc(/C=C2\SC(=O)N(CC(=O)Nc3ccc(C(C)C)cc3)C2=O)cc1. The third kappa shape index (κ3) is 6.71. The normalized spacial score (nSPS) is 14.6. The van der Waals surface area contributed by atoms with Crippen molar-refractivity contribution in [2.24, 2.45) is 0 Å². The minimum absolute atomic E-state index is 0.198. The molecule has 1 aliphatic rings. The van der Waals surface area contributed by atoms with Crippen molar-refractivity contribution in [2.45, 2.75) is 26.7 Å². The number of nitrogens with one attached hydrogen (secondary N) is 1. The molecule has 0 spiro atoms. The average molecular weight is 483 g/mol. The molecule has 0 unspecified atom stereocenters. The van der Waals surface area contributed by atoms with Gasteiger partial charge in [0.25, 0.3) is 11.1 Å². The van der Waals surface area contributed by atoms with Crippen molar-refractivity contribution in [3.8, 4) is 5.75 Å². The summed E-state index contributed by atoms with van der Waals surface area (Å²) < 4.78 is 10.1. The van der Waals surface area contributed by atoms with Gasteiger partial charge in [-0.1, -0.05) is 38.1 Å². The van der Waals surface area contributed by atoms with E-state index in [9.17, 15) is 19.2 Å². The van der Waals surface area contributed by atoms with Crippen LogP contribution in [0.5, 0.6) is 5.75 Å². The van der Waals surface area contributed by atoms with Gasteiger partial charge < -0.3 is 14.8 Å². The summed E-state index contributed by atoms with van der Waals surface area (Å²) in [4.78, 5) is 49.9. The Labute approximate surface area is 202 Å². The fourth-order valence-electron chi connectivity index (χ4n) is 3.09. The predicted molar refractivity (Wildman–Crippen MR) is 130 cm³/mol. The highest BCUT2D eigenvalue weighted by Gasteiger charge is 2.36. The molecule has 0 radical (unpaired) electrons. The van der Waals surface area contributed by atoms with Crippen LogP contribution in [0.2, 0.25) is 0 Å². The monoisotopic (exact) mass is 482 g/mol. The average Bonchev–Trinajstić information content (AvgIpc) is 3.06. The van der Waals surface area contributed by atoms with Gasteiger partial charge in [0.1, 0.15) is 12.3 Å². The zero-order valence-electron chi connectivity index (χ0n) is 19.2. The highest BCUT2D eigenvalue weighted by atomic mass is 32.2. The topological polar surface area (TPSA) is 102 Å². The Morgan fingerprint density at radius 3 is 2.35 bits per heavy atom. The summed E-state index contributed by atoms with van der Waals surface area (Å²) in [5.41, 5.74) is 2.42. The van der Waals surface area contributed by atoms with Gasteiger partial charge in [0.05, 0.1) is 11.5 Å². The van der Waals surface area contributed by atoms with Crippen molar-refractivity contribution in [3.63, 3.8) is 0 Å². The molecule has 1 heterocycles. The maximum Gasteiger partial charge on any atom is 0.344 e. The second-order valence-electron chi connectivity index (χ2n) is 7.76. The zero-order valence-corrected chi connectivity index (χ0v) is 20.0. The van der Waals surface area contributed by atoms with E-state index < -0.39 is 23.0 Å². The van der Waals surface area contributed by atoms with Crippen LogP contribution in [0.3, 0.4) is 0 Å². The number of benzene rings is 2. The second kappa shape index (κ2) is 11.5. The molecule has 0 aromatic heterocycles. The number of amides is 3. The molecule has 1 fully saturated rings. The van der Waals surface area contributed by atoms with Gasteiger partial charge in [0.2, 0.25) is 5.91 Å². The summed E-state index contributed by atoms with van der Waals surface area (Å²) in [6, 6.07) is 14.1. The Kier molecular flexibility index (Phi) is 8.48. The van der Waals surface area contributed by atoms with Crippen molar-refractivity contribution in [1.29, 1.82) is 0 Å². The lowest BCUT2D eigenvalue weighted by atomic mass is 10.0. The summed E-state index contributed by atoms with van der Waals surface area (Å²) in [6.07, 6.45) is 1.57. The lowest BCUT2D eigenvalue weighted by molar-refractivity contribution is -0.145. The van der Waals surface area contributed by atoms with Gasteiger partial charge >= 0.3 is 5.97 Å². The van der Waals surface area contributed by atoms with E-state index in [0.717, 1.165) is 22.2 Å². The van der Waals surface area contributed by atoms with E-state index in [-0.39, 0.29) is 24.7 Å². The maximum atomic E-state index is 12.7. The highest BCUT2D eigenvalue weighted by molar-refractivity contribution is 8.18. The largest absolute Gasteiger partial charge is 0.482 e. The van der Waals surface area contributed by atoms with Gasteiger partial charge in [-0.05, 0) is 66.1 Å². The Bertz CT molecular complexity index is 1090. The molecule has 2 aromatic carbocycles. The molecule has 0 bridgehead atoms. The van der Waals surface area contributed by atoms with Gasteiger partial charge in [0.15, 0.2) is 6.61 Å². The van der Waals surface area contributed by atoms with Crippen molar-refractivity contribution in [1.82, 2.24) is 4.90 Å². The first-order chi connectivity index (χ1) is 16.3. The molecule has 1 N–H and O–H groups in total. The third-order valence-corrected chi connectivity index (χ3v) is 5.78. The van der Waals surface area contributed by atoms with Crippen molar-refractivity contribution < 1.29 is 28.7 Å². The van der Waals surface area contributed by atoms with Crippen LogP contribution in [-0.2, 0) is 19.1 Å². The number of carbonyl (C=O) groups excluding carboxylic acids is 4. The van der Waals surface area contributed by atoms with Gasteiger partial charge in [-0.3, -0.25) is 19.3 Å². The molecule has 3 rings (SSSR count). The smallest absolute Gasteiger partial charge is 0.344 e. The molecule has 0 aliphatic carbocycles. The van der Waals surface area contributed by atoms with Crippen LogP contribution in [-0.4, -0.2) is 47.7 Å². The number of imide groups is 1. The van der Waals surface area contributed by atoms with Crippen LogP contribution >= 0.6 is 11.8 Å². The predicted octanol–water partition coefficient (Wildman–Crippen LogP) is 4.43. The number of esters is 1. The molecule has 2 aromatic rings. The van der Waals surface area contributed by atoms with Crippen LogP contribution in [0.25, 0.3) is 6.08 Å². The molecule has 1 saturated heterocycles. The quantitative estimate of drug-likeness (QED) is 0.417. The van der Waals surface area contributed by atoms with E-state index in [4.69, 9.17) is 9.47 Å². The molecule has 3 amide bonds. The number of hydrogen-bond donors (Lipinski definition) is 1. The first-order valence-corrected chi connectivity index (χ1v) is 11.6. The Balaban J connectivity index is 1.58. The number of thioether (sulfide) groups is 1. The van der Waals surface area contributed by atoms with E-state index in [1.165, 1.54) is 0 Å². The minimum atomic E-state index is -0.525. The molecular formula is C25H26N2O6S. The van der Waals surface area contributed by atoms with E-state index in [1.807, 2.05) is 12.1 Å². The maximum absolute atomic E-state index is 12.7. The first kappa shape index (κ1) is 25.0. The van der Waals surface area contributed by atoms with E-state index >= 15 is 0 Å². The molecule has 178 valence electrons. The first-order valence-electron chi connectivity index (χ1n) is 10.8. The molecule has 9 heteroatoms. The Hall–Kier alpha value is -3.59. The lowest BCUT2D eigenvalue weighted by Crippen LogP contribution is -2.36. The van der Waals surface area contributed by atoms with Crippen LogP contribution in [0.1, 0.15) is 37.8 Å². The summed E-state index contributed by atoms with van der Waals surface area (Å²) in [6.45, 7) is 5.59. The summed E-state index contributed by atoms with van der Waals surface area (Å²) in [5.74, 6) is -0.597. The fraction of sp³-hybridized carbons (Fsp3) is 0.280. The fourth-order valence-corrected chi connectivity index (χ4v) is 3.93. The van der Waals surface area contributed by atoms with Crippen LogP contribution in [0.4, 0.5) is 10.5 Å². The number of hydrogen-bond acceptors (Lipinski definition) is 7. The lowest BCUT2D eigenvalue weighted by Gasteiger charge is -2.13. The zero-order chi connectivity index (χ0) is 24.7. The summed E-state index contributed by atoms with van der Waals surface area (Å²) in [7, 11) is 0. The Morgan fingerprint density at radius 1 is 1.06 bits per heavy atom. The van der Waals surface area contributed by atoms with Crippen LogP contribution < -0.4 is 10.1 Å². The summed E-state index contributed by atoms with van der Waals surface area (Å²) >= 11 is 0.780. The van der Waals surface area contributed by atoms with E-state index in [1.54, 1.807) is 49.4 Å². The molecule has 8 nitrogen and oxygen atoms in total. The van der Waals surface area contributed by atoms with Gasteiger partial charge in [-0.2, -0.15) is 0 Å². The number of anilines is 1. The number of nitrogens with zero attached hydrogens (tertiary/aromatic N) is 1. The van der Waals surface area contributed by atoms with E-state index in [0.29, 0.717) is 22.9 Å². The van der Waals surface area contributed by atoms with Crippen LogP contribution in [0.15, 0.2) is 53.4 Å². The van der Waals surface area contributed by atoms with Gasteiger partial charge in [-0.25, -0.2) is 4.79 Å². The second-order valence-corrected chi connectivity index (χ2v) is 8.75. The van der Waals surface area contributed by atoms with Crippen molar-refractivity contribution in [2.75, 3.05) is 25.1 Å². The minimum Gasteiger partial charge on any atom is -0.482 e. The van der Waals surface area contributed by atoms with Crippen molar-refractivity contribution >= 4 is 46.5 Å². The molecule has 34 heavy (non-hydrogen) atoms. The van der Waals surface area contributed by atoms with Gasteiger partial charge in [0, 0.05) is 5.69 Å². The number of carbonyl (C=O) groups is 4. The highest BCUT2D eigenvalue weighted by Crippen LogP contribution is 2.32. The van der Waals surface area contributed by atoms with Gasteiger partial charge in [-0.15, -0.1) is 0 Å². The van der Waals surface area contributed by atoms with E-state index in [2.05, 4.69) is 19.2 Å². The molecular weight excluding hydrogens is 456 g/mol. The molecule has 1 aliphatic heterocycles. The molecule has 0 atom stereocenters. The number of rotatable bonds is 9. The molecule has 0 saturated carbocycles. The van der Waals surface area contributed by atoms with Crippen LogP contribution in [0, 0.1) is 0 Å².